The van der Waals surface area contributed by atoms with Gasteiger partial charge in [0.25, 0.3) is 0 Å². The van der Waals surface area contributed by atoms with Gasteiger partial charge >= 0.3 is 0 Å². The van der Waals surface area contributed by atoms with E-state index in [1.54, 1.807) is 21.3 Å². The SMILES string of the molecule is C=C(C)Cc1cc(OC)c(OC)cc1C(=NC)c1ccc(N)cc1.CC. The number of nitrogens with zero attached hydrogens (tertiary/aromatic N) is 1. The molecule has 0 fully saturated rings. The number of ether oxygens (including phenoxy) is 2. The number of allylic oxidation sites excluding steroid dienone is 1. The first kappa shape index (κ1) is 21.3. The van der Waals surface area contributed by atoms with Gasteiger partial charge in [0.2, 0.25) is 0 Å². The van der Waals surface area contributed by atoms with Crippen molar-refractivity contribution in [2.24, 2.45) is 4.99 Å². The molecule has 0 unspecified atom stereocenters. The molecule has 2 rings (SSSR count). The van der Waals surface area contributed by atoms with Crippen molar-refractivity contribution < 1.29 is 9.47 Å². The number of nitrogens with two attached hydrogens (primary N) is 1. The van der Waals surface area contributed by atoms with Crippen LogP contribution in [-0.4, -0.2) is 27.0 Å². The minimum Gasteiger partial charge on any atom is -0.493 e. The summed E-state index contributed by atoms with van der Waals surface area (Å²) in [6.45, 7) is 10.0. The van der Waals surface area contributed by atoms with Crippen LogP contribution >= 0.6 is 0 Å². The molecular weight excluding hydrogens is 324 g/mol. The van der Waals surface area contributed by atoms with Gasteiger partial charge in [0.05, 0.1) is 19.9 Å². The molecule has 0 saturated heterocycles. The highest BCUT2D eigenvalue weighted by Crippen LogP contribution is 2.33. The van der Waals surface area contributed by atoms with Gasteiger partial charge < -0.3 is 15.2 Å². The summed E-state index contributed by atoms with van der Waals surface area (Å²) < 4.78 is 10.9. The Labute approximate surface area is 157 Å². The zero-order chi connectivity index (χ0) is 19.7. The van der Waals surface area contributed by atoms with Crippen LogP contribution in [0.3, 0.4) is 0 Å². The number of aliphatic imine (C=N–C) groups is 1. The highest BCUT2D eigenvalue weighted by molar-refractivity contribution is 6.14. The molecule has 0 bridgehead atoms. The van der Waals surface area contributed by atoms with Crippen LogP contribution in [0.1, 0.15) is 37.5 Å². The summed E-state index contributed by atoms with van der Waals surface area (Å²) in [5.41, 5.74) is 11.6. The molecule has 140 valence electrons. The fourth-order valence-electron chi connectivity index (χ4n) is 2.66. The van der Waals surface area contributed by atoms with E-state index in [0.29, 0.717) is 11.5 Å². The number of hydrogen-bond acceptors (Lipinski definition) is 4. The van der Waals surface area contributed by atoms with E-state index < -0.39 is 0 Å². The molecule has 0 heterocycles. The molecule has 0 saturated carbocycles. The zero-order valence-corrected chi connectivity index (χ0v) is 16.7. The molecule has 0 atom stereocenters. The van der Waals surface area contributed by atoms with Crippen LogP contribution in [0, 0.1) is 0 Å². The predicted molar refractivity (Wildman–Crippen MR) is 112 cm³/mol. The van der Waals surface area contributed by atoms with E-state index in [4.69, 9.17) is 15.2 Å². The van der Waals surface area contributed by atoms with Crippen molar-refractivity contribution in [3.63, 3.8) is 0 Å². The van der Waals surface area contributed by atoms with Crippen molar-refractivity contribution in [2.45, 2.75) is 27.2 Å². The van der Waals surface area contributed by atoms with Gasteiger partial charge in [-0.25, -0.2) is 0 Å². The van der Waals surface area contributed by atoms with Crippen molar-refractivity contribution >= 4 is 11.4 Å². The molecule has 26 heavy (non-hydrogen) atoms. The van der Waals surface area contributed by atoms with Gasteiger partial charge in [0.1, 0.15) is 0 Å². The molecule has 4 heteroatoms. The van der Waals surface area contributed by atoms with Crippen LogP contribution in [0.15, 0.2) is 53.5 Å². The molecule has 4 nitrogen and oxygen atoms in total. The number of benzene rings is 2. The zero-order valence-electron chi connectivity index (χ0n) is 16.7. The molecule has 0 aromatic heterocycles. The molecule has 0 aliphatic carbocycles. The van der Waals surface area contributed by atoms with Gasteiger partial charge in [0.15, 0.2) is 11.5 Å². The third-order valence-electron chi connectivity index (χ3n) is 3.76. The van der Waals surface area contributed by atoms with Gasteiger partial charge in [-0.1, -0.05) is 38.1 Å². The van der Waals surface area contributed by atoms with Gasteiger partial charge in [0, 0.05) is 23.9 Å². The molecular formula is C22H30N2O2. The smallest absolute Gasteiger partial charge is 0.161 e. The molecule has 2 N–H and O–H groups in total. The first-order chi connectivity index (χ1) is 12.5. The molecule has 0 aliphatic heterocycles. The monoisotopic (exact) mass is 354 g/mol. The summed E-state index contributed by atoms with van der Waals surface area (Å²) in [5.74, 6) is 1.37. The minimum absolute atomic E-state index is 0.676. The molecule has 0 aliphatic rings. The Bertz CT molecular complexity index is 762. The quantitative estimate of drug-likeness (QED) is 0.456. The van der Waals surface area contributed by atoms with Gasteiger partial charge in [-0.15, -0.1) is 0 Å². The fourth-order valence-corrected chi connectivity index (χ4v) is 2.66. The lowest BCUT2D eigenvalue weighted by Crippen LogP contribution is -2.09. The number of rotatable bonds is 6. The van der Waals surface area contributed by atoms with Gasteiger partial charge in [-0.05, 0) is 43.2 Å². The highest BCUT2D eigenvalue weighted by atomic mass is 16.5. The third-order valence-corrected chi connectivity index (χ3v) is 3.76. The Balaban J connectivity index is 0.00000163. The van der Waals surface area contributed by atoms with Crippen LogP contribution in [0.4, 0.5) is 5.69 Å². The van der Waals surface area contributed by atoms with E-state index in [2.05, 4.69) is 11.6 Å². The fraction of sp³-hybridized carbons (Fsp3) is 0.318. The van der Waals surface area contributed by atoms with E-state index >= 15 is 0 Å². The lowest BCUT2D eigenvalue weighted by Gasteiger charge is -2.17. The first-order valence-electron chi connectivity index (χ1n) is 8.72. The van der Waals surface area contributed by atoms with Crippen molar-refractivity contribution in [3.05, 3.63) is 65.2 Å². The Morgan fingerprint density at radius 3 is 2.04 bits per heavy atom. The van der Waals surface area contributed by atoms with E-state index in [-0.39, 0.29) is 0 Å². The summed E-state index contributed by atoms with van der Waals surface area (Å²) in [7, 11) is 5.05. The predicted octanol–water partition coefficient (Wildman–Crippen LogP) is 4.90. The van der Waals surface area contributed by atoms with Crippen molar-refractivity contribution in [2.75, 3.05) is 27.0 Å². The number of nitrogen functional groups attached to an aromatic ring is 1. The van der Waals surface area contributed by atoms with Crippen LogP contribution in [-0.2, 0) is 6.42 Å². The maximum atomic E-state index is 5.80. The molecule has 2 aromatic rings. The minimum atomic E-state index is 0.676. The third kappa shape index (κ3) is 5.12. The van der Waals surface area contributed by atoms with E-state index in [1.165, 1.54) is 0 Å². The van der Waals surface area contributed by atoms with Crippen molar-refractivity contribution in [1.29, 1.82) is 0 Å². The lowest BCUT2D eigenvalue weighted by molar-refractivity contribution is 0.354. The van der Waals surface area contributed by atoms with Crippen molar-refractivity contribution in [1.82, 2.24) is 0 Å². The lowest BCUT2D eigenvalue weighted by atomic mass is 9.93. The first-order valence-corrected chi connectivity index (χ1v) is 8.72. The summed E-state index contributed by atoms with van der Waals surface area (Å²) in [6.07, 6.45) is 0.740. The average Bonchev–Trinajstić information content (AvgIpc) is 2.65. The van der Waals surface area contributed by atoms with Crippen LogP contribution in [0.5, 0.6) is 11.5 Å². The standard InChI is InChI=1S/C20H24N2O2.C2H6/c1-13(2)10-15-11-18(23-4)19(24-5)12-17(15)20(22-3)14-6-8-16(21)9-7-14;1-2/h6-9,11-12H,1,10,21H2,2-5H3;1-2H3. The summed E-state index contributed by atoms with van der Waals surface area (Å²) in [4.78, 5) is 4.51. The average molecular weight is 354 g/mol. The van der Waals surface area contributed by atoms with Crippen LogP contribution in [0.2, 0.25) is 0 Å². The Morgan fingerprint density at radius 1 is 1.04 bits per heavy atom. The Hall–Kier alpha value is -2.75. The summed E-state index contributed by atoms with van der Waals surface area (Å²) in [5, 5.41) is 0. The summed E-state index contributed by atoms with van der Waals surface area (Å²) >= 11 is 0. The van der Waals surface area contributed by atoms with E-state index in [0.717, 1.165) is 40.1 Å². The van der Waals surface area contributed by atoms with Crippen LogP contribution < -0.4 is 15.2 Å². The second-order valence-electron chi connectivity index (χ2n) is 5.69. The molecule has 2 aromatic carbocycles. The number of methoxy groups -OCH3 is 2. The number of hydrogen-bond donors (Lipinski definition) is 1. The Morgan fingerprint density at radius 2 is 1.58 bits per heavy atom. The van der Waals surface area contributed by atoms with E-state index in [9.17, 15) is 0 Å². The second kappa shape index (κ2) is 10.3. The second-order valence-corrected chi connectivity index (χ2v) is 5.69. The molecule has 0 radical (unpaired) electrons. The largest absolute Gasteiger partial charge is 0.493 e. The van der Waals surface area contributed by atoms with Crippen LogP contribution in [0.25, 0.3) is 0 Å². The van der Waals surface area contributed by atoms with Gasteiger partial charge in [-0.3, -0.25) is 4.99 Å². The normalized spacial score (nSPS) is 10.6. The van der Waals surface area contributed by atoms with Crippen molar-refractivity contribution in [3.8, 4) is 11.5 Å². The highest BCUT2D eigenvalue weighted by Gasteiger charge is 2.16. The maximum absolute atomic E-state index is 5.80. The molecule has 0 amide bonds. The van der Waals surface area contributed by atoms with Gasteiger partial charge in [-0.2, -0.15) is 0 Å². The number of anilines is 1. The maximum Gasteiger partial charge on any atom is 0.161 e. The Kier molecular flexibility index (Phi) is 8.43. The molecule has 0 spiro atoms. The topological polar surface area (TPSA) is 56.8 Å². The summed E-state index contributed by atoms with van der Waals surface area (Å²) in [6, 6.07) is 11.7. The van der Waals surface area contributed by atoms with E-state index in [1.807, 2.05) is 57.2 Å².